The number of ketones is 1. The van der Waals surface area contributed by atoms with Gasteiger partial charge in [-0.3, -0.25) is 4.79 Å². The van der Waals surface area contributed by atoms with Crippen molar-refractivity contribution in [1.82, 2.24) is 0 Å². The molecule has 0 amide bonds. The number of rotatable bonds is 5. The lowest BCUT2D eigenvalue weighted by Crippen LogP contribution is -1.98. The number of carbonyl (C=O) groups excluding carboxylic acids is 2. The van der Waals surface area contributed by atoms with E-state index in [-0.39, 0.29) is 11.5 Å². The minimum Gasteiger partial charge on any atom is -0.497 e. The Morgan fingerprint density at radius 2 is 1.76 bits per heavy atom. The lowest BCUT2D eigenvalue weighted by Gasteiger charge is -1.99. The van der Waals surface area contributed by atoms with Crippen LogP contribution in [-0.4, -0.2) is 26.0 Å². The highest BCUT2D eigenvalue weighted by atomic mass is 16.5. The van der Waals surface area contributed by atoms with Gasteiger partial charge in [-0.15, -0.1) is 0 Å². The van der Waals surface area contributed by atoms with E-state index in [0.29, 0.717) is 17.1 Å². The van der Waals surface area contributed by atoms with Crippen LogP contribution >= 0.6 is 0 Å². The van der Waals surface area contributed by atoms with Crippen molar-refractivity contribution in [3.05, 3.63) is 59.6 Å². The van der Waals surface area contributed by atoms with E-state index in [1.54, 1.807) is 37.4 Å². The quantitative estimate of drug-likeness (QED) is 0.480. The normalized spacial score (nSPS) is 10.6. The van der Waals surface area contributed by atoms with E-state index < -0.39 is 5.97 Å². The Morgan fingerprint density at radius 3 is 2.38 bits per heavy atom. The van der Waals surface area contributed by atoms with Crippen LogP contribution in [-0.2, 0) is 4.74 Å². The summed E-state index contributed by atoms with van der Waals surface area (Å²) in [5.41, 5.74) is 0.534. The van der Waals surface area contributed by atoms with Gasteiger partial charge in [-0.1, -0.05) is 0 Å². The van der Waals surface area contributed by atoms with Gasteiger partial charge in [0.2, 0.25) is 5.76 Å². The minimum absolute atomic E-state index is 0.0917. The van der Waals surface area contributed by atoms with Crippen LogP contribution in [0.5, 0.6) is 5.75 Å². The monoisotopic (exact) mass is 286 g/mol. The number of furan rings is 1. The first-order valence-corrected chi connectivity index (χ1v) is 6.18. The van der Waals surface area contributed by atoms with Crippen molar-refractivity contribution in [3.8, 4) is 5.75 Å². The minimum atomic E-state index is -0.559. The Hall–Kier alpha value is -2.82. The molecule has 0 saturated heterocycles. The van der Waals surface area contributed by atoms with E-state index in [4.69, 9.17) is 9.15 Å². The van der Waals surface area contributed by atoms with E-state index in [1.165, 1.54) is 25.3 Å². The molecule has 5 heteroatoms. The van der Waals surface area contributed by atoms with Crippen LogP contribution in [0.4, 0.5) is 0 Å². The van der Waals surface area contributed by atoms with E-state index in [0.717, 1.165) is 0 Å². The SMILES string of the molecule is COC(=O)c1ccc(/C=C\C(=O)c2ccc(OC)cc2)o1. The molecule has 1 aromatic heterocycles. The maximum atomic E-state index is 12.0. The van der Waals surface area contributed by atoms with Crippen LogP contribution in [0.15, 0.2) is 46.9 Å². The summed E-state index contributed by atoms with van der Waals surface area (Å²) >= 11 is 0. The molecule has 0 fully saturated rings. The number of benzene rings is 1. The molecular weight excluding hydrogens is 272 g/mol. The van der Waals surface area contributed by atoms with Crippen LogP contribution in [0.25, 0.3) is 6.08 Å². The first-order valence-electron chi connectivity index (χ1n) is 6.18. The molecule has 0 aliphatic heterocycles. The van der Waals surface area contributed by atoms with Gasteiger partial charge in [-0.2, -0.15) is 0 Å². The van der Waals surface area contributed by atoms with Crippen LogP contribution in [0.3, 0.4) is 0 Å². The summed E-state index contributed by atoms with van der Waals surface area (Å²) in [6, 6.07) is 9.85. The van der Waals surface area contributed by atoms with E-state index in [1.807, 2.05) is 0 Å². The smallest absolute Gasteiger partial charge is 0.373 e. The third-order valence-corrected chi connectivity index (χ3v) is 2.79. The van der Waals surface area contributed by atoms with E-state index in [9.17, 15) is 9.59 Å². The molecule has 2 aromatic rings. The molecule has 0 spiro atoms. The molecule has 0 aliphatic carbocycles. The highest BCUT2D eigenvalue weighted by Crippen LogP contribution is 2.14. The number of methoxy groups -OCH3 is 2. The second kappa shape index (κ2) is 6.56. The summed E-state index contributed by atoms with van der Waals surface area (Å²) in [7, 11) is 2.83. The van der Waals surface area contributed by atoms with Crippen molar-refractivity contribution in [2.24, 2.45) is 0 Å². The summed E-state index contributed by atoms with van der Waals surface area (Å²) in [5, 5.41) is 0. The van der Waals surface area contributed by atoms with Gasteiger partial charge in [0.1, 0.15) is 11.5 Å². The van der Waals surface area contributed by atoms with Crippen molar-refractivity contribution >= 4 is 17.8 Å². The zero-order valence-corrected chi connectivity index (χ0v) is 11.7. The molecule has 108 valence electrons. The number of ether oxygens (including phenoxy) is 2. The highest BCUT2D eigenvalue weighted by molar-refractivity contribution is 6.06. The summed E-state index contributed by atoms with van der Waals surface area (Å²) in [6.45, 7) is 0. The predicted octanol–water partition coefficient (Wildman–Crippen LogP) is 2.97. The third kappa shape index (κ3) is 3.60. The number of esters is 1. The maximum Gasteiger partial charge on any atom is 0.373 e. The highest BCUT2D eigenvalue weighted by Gasteiger charge is 2.10. The number of hydrogen-bond acceptors (Lipinski definition) is 5. The second-order valence-electron chi connectivity index (χ2n) is 4.12. The van der Waals surface area contributed by atoms with Gasteiger partial charge in [-0.25, -0.2) is 4.79 Å². The molecule has 0 bridgehead atoms. The maximum absolute atomic E-state index is 12.0. The molecule has 1 aromatic carbocycles. The molecule has 0 radical (unpaired) electrons. The lowest BCUT2D eigenvalue weighted by atomic mass is 10.1. The Bertz CT molecular complexity index is 664. The number of carbonyl (C=O) groups is 2. The van der Waals surface area contributed by atoms with Gasteiger partial charge in [0, 0.05) is 5.56 Å². The lowest BCUT2D eigenvalue weighted by molar-refractivity contribution is 0.0564. The molecule has 0 aliphatic rings. The largest absolute Gasteiger partial charge is 0.497 e. The van der Waals surface area contributed by atoms with Crippen LogP contribution in [0.1, 0.15) is 26.7 Å². The Kier molecular flexibility index (Phi) is 4.56. The molecule has 21 heavy (non-hydrogen) atoms. The van der Waals surface area contributed by atoms with Crippen molar-refractivity contribution in [1.29, 1.82) is 0 Å². The fourth-order valence-electron chi connectivity index (χ4n) is 1.66. The summed E-state index contributed by atoms with van der Waals surface area (Å²) in [4.78, 5) is 23.2. The summed E-state index contributed by atoms with van der Waals surface area (Å²) < 4.78 is 14.8. The molecular formula is C16H14O5. The number of hydrogen-bond donors (Lipinski definition) is 0. The fourth-order valence-corrected chi connectivity index (χ4v) is 1.66. The van der Waals surface area contributed by atoms with Gasteiger partial charge in [0.25, 0.3) is 0 Å². The fraction of sp³-hybridized carbons (Fsp3) is 0.125. The van der Waals surface area contributed by atoms with Gasteiger partial charge < -0.3 is 13.9 Å². The first kappa shape index (κ1) is 14.6. The molecule has 1 heterocycles. The Labute approximate surface area is 121 Å². The van der Waals surface area contributed by atoms with Crippen molar-refractivity contribution in [2.75, 3.05) is 14.2 Å². The zero-order chi connectivity index (χ0) is 15.2. The van der Waals surface area contributed by atoms with Crippen LogP contribution in [0, 0.1) is 0 Å². The van der Waals surface area contributed by atoms with E-state index >= 15 is 0 Å². The predicted molar refractivity (Wildman–Crippen MR) is 76.4 cm³/mol. The van der Waals surface area contributed by atoms with Crippen molar-refractivity contribution in [3.63, 3.8) is 0 Å². The summed E-state index contributed by atoms with van der Waals surface area (Å²) in [6.07, 6.45) is 2.88. The molecule has 0 saturated carbocycles. The van der Waals surface area contributed by atoms with Crippen molar-refractivity contribution < 1.29 is 23.5 Å². The van der Waals surface area contributed by atoms with Crippen LogP contribution < -0.4 is 4.74 Å². The number of allylic oxidation sites excluding steroid dienone is 1. The molecule has 0 unspecified atom stereocenters. The molecule has 2 rings (SSSR count). The zero-order valence-electron chi connectivity index (χ0n) is 11.7. The first-order chi connectivity index (χ1) is 10.1. The molecule has 0 atom stereocenters. The average molecular weight is 286 g/mol. The molecule has 5 nitrogen and oxygen atoms in total. The van der Waals surface area contributed by atoms with Gasteiger partial charge in [0.15, 0.2) is 5.78 Å². The average Bonchev–Trinajstić information content (AvgIpc) is 3.01. The summed E-state index contributed by atoms with van der Waals surface area (Å²) in [5.74, 6) is 0.445. The van der Waals surface area contributed by atoms with Gasteiger partial charge in [-0.05, 0) is 48.6 Å². The standard InChI is InChI=1S/C16H14O5/c1-19-12-5-3-11(4-6-12)14(17)9-7-13-8-10-15(21-13)16(18)20-2/h3-10H,1-2H3/b9-7-. The van der Waals surface area contributed by atoms with Gasteiger partial charge in [0.05, 0.1) is 14.2 Å². The molecule has 0 N–H and O–H groups in total. The third-order valence-electron chi connectivity index (χ3n) is 2.79. The van der Waals surface area contributed by atoms with Crippen molar-refractivity contribution in [2.45, 2.75) is 0 Å². The van der Waals surface area contributed by atoms with Gasteiger partial charge >= 0.3 is 5.97 Å². The Morgan fingerprint density at radius 1 is 1.05 bits per heavy atom. The van der Waals surface area contributed by atoms with E-state index in [2.05, 4.69) is 4.74 Å². The second-order valence-corrected chi connectivity index (χ2v) is 4.12. The topological polar surface area (TPSA) is 65.7 Å². The Balaban J connectivity index is 2.07. The van der Waals surface area contributed by atoms with Crippen LogP contribution in [0.2, 0.25) is 0 Å².